The molecule has 0 amide bonds. The second kappa shape index (κ2) is 6.52. The van der Waals surface area contributed by atoms with Gasteiger partial charge in [0.15, 0.2) is 5.82 Å². The van der Waals surface area contributed by atoms with Crippen molar-refractivity contribution in [3.05, 3.63) is 41.5 Å². The van der Waals surface area contributed by atoms with Gasteiger partial charge in [0.25, 0.3) is 0 Å². The van der Waals surface area contributed by atoms with E-state index in [2.05, 4.69) is 54.5 Å². The zero-order chi connectivity index (χ0) is 14.5. The Morgan fingerprint density at radius 1 is 1.40 bits per heavy atom. The van der Waals surface area contributed by atoms with Gasteiger partial charge in [-0.05, 0) is 32.0 Å². The Bertz CT molecular complexity index is 565. The molecule has 2 aromatic rings. The van der Waals surface area contributed by atoms with Gasteiger partial charge >= 0.3 is 0 Å². The third-order valence-corrected chi connectivity index (χ3v) is 3.31. The van der Waals surface area contributed by atoms with Crippen LogP contribution >= 0.6 is 0 Å². The van der Waals surface area contributed by atoms with Crippen LogP contribution in [0.25, 0.3) is 0 Å². The molecule has 0 spiro atoms. The van der Waals surface area contributed by atoms with E-state index in [4.69, 9.17) is 4.74 Å². The predicted octanol–water partition coefficient (Wildman–Crippen LogP) is 2.37. The summed E-state index contributed by atoms with van der Waals surface area (Å²) in [6.45, 7) is 7.66. The van der Waals surface area contributed by atoms with Gasteiger partial charge in [-0.15, -0.1) is 10.2 Å². The summed E-state index contributed by atoms with van der Waals surface area (Å²) in [5, 5.41) is 11.3. The first-order chi connectivity index (χ1) is 9.61. The van der Waals surface area contributed by atoms with E-state index >= 15 is 0 Å². The van der Waals surface area contributed by atoms with Crippen molar-refractivity contribution in [2.24, 2.45) is 7.05 Å². The Hall–Kier alpha value is -1.88. The minimum absolute atomic E-state index is 0.259. The maximum absolute atomic E-state index is 5.95. The van der Waals surface area contributed by atoms with Crippen molar-refractivity contribution in [2.75, 3.05) is 6.54 Å². The number of hydrogen-bond acceptors (Lipinski definition) is 4. The third-order valence-electron chi connectivity index (χ3n) is 3.31. The van der Waals surface area contributed by atoms with E-state index in [-0.39, 0.29) is 6.04 Å². The van der Waals surface area contributed by atoms with Gasteiger partial charge in [-0.3, -0.25) is 0 Å². The van der Waals surface area contributed by atoms with Crippen molar-refractivity contribution in [1.29, 1.82) is 0 Å². The average molecular weight is 274 g/mol. The van der Waals surface area contributed by atoms with Crippen molar-refractivity contribution in [3.63, 3.8) is 0 Å². The Kier molecular flexibility index (Phi) is 4.74. The highest BCUT2D eigenvalue weighted by Crippen LogP contribution is 2.27. The van der Waals surface area contributed by atoms with E-state index in [1.54, 1.807) is 6.33 Å². The van der Waals surface area contributed by atoms with E-state index in [1.165, 1.54) is 11.1 Å². The van der Waals surface area contributed by atoms with Gasteiger partial charge in [0, 0.05) is 18.7 Å². The Morgan fingerprint density at radius 2 is 2.20 bits per heavy atom. The molecule has 0 fully saturated rings. The second-order valence-corrected chi connectivity index (χ2v) is 4.97. The maximum Gasteiger partial charge on any atom is 0.170 e. The molecule has 1 atom stereocenters. The minimum atomic E-state index is 0.259. The summed E-state index contributed by atoms with van der Waals surface area (Å²) in [5.74, 6) is 1.72. The summed E-state index contributed by atoms with van der Waals surface area (Å²) < 4.78 is 7.81. The number of aryl methyl sites for hydroxylation is 2. The van der Waals surface area contributed by atoms with Crippen LogP contribution in [0.4, 0.5) is 0 Å². The molecule has 20 heavy (non-hydrogen) atoms. The highest BCUT2D eigenvalue weighted by atomic mass is 16.5. The third kappa shape index (κ3) is 3.36. The molecule has 0 aliphatic carbocycles. The smallest absolute Gasteiger partial charge is 0.170 e. The lowest BCUT2D eigenvalue weighted by Gasteiger charge is -2.18. The number of ether oxygens (including phenoxy) is 1. The fourth-order valence-corrected chi connectivity index (χ4v) is 2.12. The minimum Gasteiger partial charge on any atom is -0.485 e. The molecule has 1 aromatic carbocycles. The molecule has 0 saturated carbocycles. The van der Waals surface area contributed by atoms with Crippen LogP contribution in [-0.4, -0.2) is 21.3 Å². The molecular formula is C15H22N4O. The topological polar surface area (TPSA) is 52.0 Å². The first-order valence-electron chi connectivity index (χ1n) is 6.91. The summed E-state index contributed by atoms with van der Waals surface area (Å²) in [6.07, 6.45) is 1.68. The standard InChI is InChI=1S/C15H22N4O/c1-5-16-12(3)13-7-6-11(2)8-14(13)20-9-15-18-17-10-19(15)4/h6-8,10,12,16H,5,9H2,1-4H3. The van der Waals surface area contributed by atoms with Crippen molar-refractivity contribution in [1.82, 2.24) is 20.1 Å². The van der Waals surface area contributed by atoms with Gasteiger partial charge in [0.05, 0.1) is 0 Å². The van der Waals surface area contributed by atoms with Gasteiger partial charge in [0.1, 0.15) is 18.7 Å². The molecule has 0 bridgehead atoms. The Morgan fingerprint density at radius 3 is 2.85 bits per heavy atom. The molecule has 1 N–H and O–H groups in total. The first-order valence-corrected chi connectivity index (χ1v) is 6.91. The van der Waals surface area contributed by atoms with Crippen molar-refractivity contribution in [3.8, 4) is 5.75 Å². The molecule has 0 aliphatic heterocycles. The average Bonchev–Trinajstić information content (AvgIpc) is 2.82. The van der Waals surface area contributed by atoms with E-state index < -0.39 is 0 Å². The fraction of sp³-hybridized carbons (Fsp3) is 0.467. The van der Waals surface area contributed by atoms with Gasteiger partial charge in [-0.25, -0.2) is 0 Å². The van der Waals surface area contributed by atoms with E-state index in [9.17, 15) is 0 Å². The quantitative estimate of drug-likeness (QED) is 0.878. The van der Waals surface area contributed by atoms with Gasteiger partial charge in [-0.2, -0.15) is 0 Å². The summed E-state index contributed by atoms with van der Waals surface area (Å²) >= 11 is 0. The molecule has 108 valence electrons. The largest absolute Gasteiger partial charge is 0.485 e. The molecule has 0 aliphatic rings. The SMILES string of the molecule is CCNC(C)c1ccc(C)cc1OCc1nncn1C. The summed E-state index contributed by atoms with van der Waals surface area (Å²) in [5.41, 5.74) is 2.35. The number of benzene rings is 1. The second-order valence-electron chi connectivity index (χ2n) is 4.97. The van der Waals surface area contributed by atoms with Gasteiger partial charge in [0.2, 0.25) is 0 Å². The van der Waals surface area contributed by atoms with E-state index in [1.807, 2.05) is 11.6 Å². The van der Waals surface area contributed by atoms with Crippen molar-refractivity contribution in [2.45, 2.75) is 33.4 Å². The monoisotopic (exact) mass is 274 g/mol. The molecule has 5 nitrogen and oxygen atoms in total. The van der Waals surface area contributed by atoms with Crippen LogP contribution in [0.15, 0.2) is 24.5 Å². The van der Waals surface area contributed by atoms with Crippen molar-refractivity contribution >= 4 is 0 Å². The van der Waals surface area contributed by atoms with Crippen LogP contribution in [0.2, 0.25) is 0 Å². The van der Waals surface area contributed by atoms with Crippen LogP contribution in [-0.2, 0) is 13.7 Å². The van der Waals surface area contributed by atoms with Crippen molar-refractivity contribution < 1.29 is 4.74 Å². The molecule has 0 radical (unpaired) electrons. The molecule has 0 saturated heterocycles. The molecule has 1 aromatic heterocycles. The lowest BCUT2D eigenvalue weighted by Crippen LogP contribution is -2.18. The highest BCUT2D eigenvalue weighted by Gasteiger charge is 2.12. The Balaban J connectivity index is 2.17. The molecule has 5 heteroatoms. The van der Waals surface area contributed by atoms with Gasteiger partial charge in [-0.1, -0.05) is 19.1 Å². The molecule has 1 heterocycles. The van der Waals surface area contributed by atoms with E-state index in [0.29, 0.717) is 6.61 Å². The van der Waals surface area contributed by atoms with Crippen LogP contribution in [0.3, 0.4) is 0 Å². The molecular weight excluding hydrogens is 252 g/mol. The number of nitrogens with zero attached hydrogens (tertiary/aromatic N) is 3. The lowest BCUT2D eigenvalue weighted by atomic mass is 10.0. The predicted molar refractivity (Wildman–Crippen MR) is 78.6 cm³/mol. The van der Waals surface area contributed by atoms with Crippen LogP contribution in [0, 0.1) is 6.92 Å². The van der Waals surface area contributed by atoms with Gasteiger partial charge < -0.3 is 14.6 Å². The summed E-state index contributed by atoms with van der Waals surface area (Å²) in [4.78, 5) is 0. The summed E-state index contributed by atoms with van der Waals surface area (Å²) in [6, 6.07) is 6.56. The van der Waals surface area contributed by atoms with Crippen LogP contribution in [0.5, 0.6) is 5.75 Å². The zero-order valence-corrected chi connectivity index (χ0v) is 12.6. The first kappa shape index (κ1) is 14.5. The number of aromatic nitrogens is 3. The summed E-state index contributed by atoms with van der Waals surface area (Å²) in [7, 11) is 1.91. The fourth-order valence-electron chi connectivity index (χ4n) is 2.12. The lowest BCUT2D eigenvalue weighted by molar-refractivity contribution is 0.285. The normalized spacial score (nSPS) is 12.4. The Labute approximate surface area is 120 Å². The maximum atomic E-state index is 5.95. The number of hydrogen-bond donors (Lipinski definition) is 1. The zero-order valence-electron chi connectivity index (χ0n) is 12.6. The molecule has 1 unspecified atom stereocenters. The number of rotatable bonds is 6. The van der Waals surface area contributed by atoms with Crippen LogP contribution in [0.1, 0.15) is 36.8 Å². The van der Waals surface area contributed by atoms with Crippen LogP contribution < -0.4 is 10.1 Å². The number of nitrogens with one attached hydrogen (secondary N) is 1. The highest BCUT2D eigenvalue weighted by molar-refractivity contribution is 5.39. The van der Waals surface area contributed by atoms with E-state index in [0.717, 1.165) is 18.1 Å². The molecule has 2 rings (SSSR count).